The van der Waals surface area contributed by atoms with Gasteiger partial charge in [0.1, 0.15) is 5.82 Å². The van der Waals surface area contributed by atoms with E-state index >= 15 is 0 Å². The Labute approximate surface area is 209 Å². The number of hydrogen-bond donors (Lipinski definition) is 3. The van der Waals surface area contributed by atoms with E-state index in [0.29, 0.717) is 31.9 Å². The van der Waals surface area contributed by atoms with E-state index in [9.17, 15) is 9.18 Å². The monoisotopic (exact) mass is 562 g/mol. The number of guanidine groups is 1. The number of para-hydroxylation sites is 1. The summed E-state index contributed by atoms with van der Waals surface area (Å²) in [5.41, 5.74) is 3.74. The van der Waals surface area contributed by atoms with E-state index in [4.69, 9.17) is 4.99 Å². The first-order chi connectivity index (χ1) is 15.6. The first kappa shape index (κ1) is 24.7. The molecule has 1 unspecified atom stereocenters. The Bertz CT molecular complexity index is 1100. The van der Waals surface area contributed by atoms with Crippen LogP contribution in [0.5, 0.6) is 0 Å². The second-order valence-corrected chi connectivity index (χ2v) is 7.66. The number of nitrogens with zero attached hydrogens (tertiary/aromatic N) is 3. The van der Waals surface area contributed by atoms with E-state index in [1.54, 1.807) is 16.8 Å². The number of aromatic nitrogens is 2. The predicted molar refractivity (Wildman–Crippen MR) is 139 cm³/mol. The van der Waals surface area contributed by atoms with E-state index < -0.39 is 0 Å². The predicted octanol–water partition coefficient (Wildman–Crippen LogP) is 3.85. The third-order valence-electron chi connectivity index (χ3n) is 5.33. The molecule has 0 aliphatic carbocycles. The minimum Gasteiger partial charge on any atom is -0.357 e. The molecular formula is C24H28FIN6O. The number of amides is 1. The minimum absolute atomic E-state index is 0. The smallest absolute Gasteiger partial charge is 0.225 e. The summed E-state index contributed by atoms with van der Waals surface area (Å²) >= 11 is 0. The van der Waals surface area contributed by atoms with Crippen LogP contribution >= 0.6 is 24.0 Å². The first-order valence-electron chi connectivity index (χ1n) is 10.8. The van der Waals surface area contributed by atoms with Gasteiger partial charge in [-0.1, -0.05) is 18.2 Å². The van der Waals surface area contributed by atoms with E-state index in [2.05, 4.69) is 21.0 Å². The molecule has 174 valence electrons. The van der Waals surface area contributed by atoms with Crippen LogP contribution in [0.4, 0.5) is 10.1 Å². The fourth-order valence-corrected chi connectivity index (χ4v) is 3.75. The number of nitrogens with one attached hydrogen (secondary N) is 3. The van der Waals surface area contributed by atoms with Crippen molar-refractivity contribution in [3.63, 3.8) is 0 Å². The molecular weight excluding hydrogens is 534 g/mol. The third-order valence-corrected chi connectivity index (χ3v) is 5.33. The van der Waals surface area contributed by atoms with Crippen molar-refractivity contribution in [1.82, 2.24) is 20.4 Å². The number of anilines is 1. The first-order valence-corrected chi connectivity index (χ1v) is 10.8. The summed E-state index contributed by atoms with van der Waals surface area (Å²) in [6.45, 7) is 3.95. The molecule has 4 rings (SSSR count). The van der Waals surface area contributed by atoms with Gasteiger partial charge in [-0.3, -0.25) is 9.79 Å². The summed E-state index contributed by atoms with van der Waals surface area (Å²) in [7, 11) is 0. The molecule has 0 saturated carbocycles. The van der Waals surface area contributed by atoms with Gasteiger partial charge in [-0.2, -0.15) is 5.10 Å². The Morgan fingerprint density at radius 2 is 1.97 bits per heavy atom. The molecule has 1 aromatic heterocycles. The molecule has 2 heterocycles. The highest BCUT2D eigenvalue weighted by atomic mass is 127. The van der Waals surface area contributed by atoms with Crippen molar-refractivity contribution >= 4 is 41.5 Å². The Morgan fingerprint density at radius 1 is 1.18 bits per heavy atom. The molecule has 0 bridgehead atoms. The second-order valence-electron chi connectivity index (χ2n) is 7.66. The summed E-state index contributed by atoms with van der Waals surface area (Å²) in [5, 5.41) is 14.1. The third kappa shape index (κ3) is 6.53. The molecule has 0 fully saturated rings. The van der Waals surface area contributed by atoms with Crippen molar-refractivity contribution in [3.8, 4) is 5.69 Å². The van der Waals surface area contributed by atoms with E-state index in [1.807, 2.05) is 43.5 Å². The molecule has 1 atom stereocenters. The largest absolute Gasteiger partial charge is 0.357 e. The molecule has 3 N–H and O–H groups in total. The normalized spacial score (nSPS) is 15.3. The lowest BCUT2D eigenvalue weighted by atomic mass is 9.91. The van der Waals surface area contributed by atoms with Crippen LogP contribution in [0.3, 0.4) is 0 Å². The van der Waals surface area contributed by atoms with Gasteiger partial charge in [-0.15, -0.1) is 24.0 Å². The molecule has 2 aromatic carbocycles. The number of fused-ring (bicyclic) bond motifs is 1. The Balaban J connectivity index is 0.00000306. The SMILES string of the molecule is CCNC(=NCC1CC(=O)Nc2ccccc21)NCCc1ccn(-c2ccc(F)cc2)n1.I. The van der Waals surface area contributed by atoms with Crippen LogP contribution < -0.4 is 16.0 Å². The van der Waals surface area contributed by atoms with Crippen molar-refractivity contribution < 1.29 is 9.18 Å². The molecule has 9 heteroatoms. The Hall–Kier alpha value is -2.95. The minimum atomic E-state index is -0.266. The molecule has 33 heavy (non-hydrogen) atoms. The lowest BCUT2D eigenvalue weighted by Gasteiger charge is -2.24. The number of carbonyl (C=O) groups is 1. The van der Waals surface area contributed by atoms with Crippen molar-refractivity contribution in [2.45, 2.75) is 25.7 Å². The van der Waals surface area contributed by atoms with Gasteiger partial charge in [0, 0.05) is 43.7 Å². The van der Waals surface area contributed by atoms with Gasteiger partial charge in [0.25, 0.3) is 0 Å². The maximum atomic E-state index is 13.1. The quantitative estimate of drug-likeness (QED) is 0.232. The second kappa shape index (κ2) is 11.8. The van der Waals surface area contributed by atoms with Crippen LogP contribution in [0.15, 0.2) is 65.8 Å². The summed E-state index contributed by atoms with van der Waals surface area (Å²) in [5.74, 6) is 0.534. The number of halogens is 2. The number of aliphatic imine (C=N–C) groups is 1. The summed E-state index contributed by atoms with van der Waals surface area (Å²) in [4.78, 5) is 16.8. The highest BCUT2D eigenvalue weighted by molar-refractivity contribution is 14.0. The molecule has 7 nitrogen and oxygen atoms in total. The van der Waals surface area contributed by atoms with Gasteiger partial charge >= 0.3 is 0 Å². The standard InChI is InChI=1S/C24H27FN6O.HI/c1-2-26-24(28-16-17-15-23(32)29-22-6-4-3-5-21(17)22)27-13-11-19-12-14-31(30-19)20-9-7-18(25)8-10-20;/h3-10,12,14,17H,2,11,13,15-16H2,1H3,(H,29,32)(H2,26,27,28);1H. The molecule has 1 aliphatic heterocycles. The average molecular weight is 562 g/mol. The van der Waals surface area contributed by atoms with Crippen molar-refractivity contribution in [3.05, 3.63) is 77.9 Å². The summed E-state index contributed by atoms with van der Waals surface area (Å²) in [6, 6.07) is 16.1. The molecule has 1 aliphatic rings. The zero-order valence-corrected chi connectivity index (χ0v) is 20.8. The van der Waals surface area contributed by atoms with Crippen LogP contribution in [-0.4, -0.2) is 41.3 Å². The van der Waals surface area contributed by atoms with Crippen molar-refractivity contribution in [2.75, 3.05) is 25.0 Å². The highest BCUT2D eigenvalue weighted by Gasteiger charge is 2.24. The van der Waals surface area contributed by atoms with Crippen molar-refractivity contribution in [1.29, 1.82) is 0 Å². The van der Waals surface area contributed by atoms with Gasteiger partial charge < -0.3 is 16.0 Å². The summed E-state index contributed by atoms with van der Waals surface area (Å²) < 4.78 is 14.8. The van der Waals surface area contributed by atoms with Gasteiger partial charge in [0.05, 0.1) is 17.9 Å². The Kier molecular flexibility index (Phi) is 8.81. The fraction of sp³-hybridized carbons (Fsp3) is 0.292. The topological polar surface area (TPSA) is 83.3 Å². The zero-order chi connectivity index (χ0) is 22.3. The maximum absolute atomic E-state index is 13.1. The zero-order valence-electron chi connectivity index (χ0n) is 18.4. The number of benzene rings is 2. The molecule has 0 spiro atoms. The number of rotatable bonds is 7. The van der Waals surface area contributed by atoms with Crippen LogP contribution in [0.1, 0.15) is 30.5 Å². The molecule has 3 aromatic rings. The van der Waals surface area contributed by atoms with E-state index in [0.717, 1.165) is 29.2 Å². The van der Waals surface area contributed by atoms with Crippen LogP contribution in [0.2, 0.25) is 0 Å². The summed E-state index contributed by atoms with van der Waals surface area (Å²) in [6.07, 6.45) is 3.02. The average Bonchev–Trinajstić information content (AvgIpc) is 3.26. The van der Waals surface area contributed by atoms with Crippen LogP contribution in [0.25, 0.3) is 5.69 Å². The van der Waals surface area contributed by atoms with E-state index in [-0.39, 0.29) is 41.6 Å². The maximum Gasteiger partial charge on any atom is 0.225 e. The fourth-order valence-electron chi connectivity index (χ4n) is 3.75. The van der Waals surface area contributed by atoms with Crippen LogP contribution in [-0.2, 0) is 11.2 Å². The lowest BCUT2D eigenvalue weighted by molar-refractivity contribution is -0.116. The van der Waals surface area contributed by atoms with E-state index in [1.165, 1.54) is 12.1 Å². The number of hydrogen-bond acceptors (Lipinski definition) is 3. The van der Waals surface area contributed by atoms with Gasteiger partial charge in [0.2, 0.25) is 5.91 Å². The highest BCUT2D eigenvalue weighted by Crippen LogP contribution is 2.31. The van der Waals surface area contributed by atoms with Gasteiger partial charge in [-0.05, 0) is 48.9 Å². The number of carbonyl (C=O) groups excluding carboxylic acids is 1. The van der Waals surface area contributed by atoms with Gasteiger partial charge in [0.15, 0.2) is 5.96 Å². The van der Waals surface area contributed by atoms with Crippen LogP contribution in [0, 0.1) is 5.82 Å². The molecule has 1 amide bonds. The van der Waals surface area contributed by atoms with Gasteiger partial charge in [-0.25, -0.2) is 9.07 Å². The molecule has 0 saturated heterocycles. The lowest BCUT2D eigenvalue weighted by Crippen LogP contribution is -2.39. The Morgan fingerprint density at radius 3 is 2.76 bits per heavy atom. The molecule has 0 radical (unpaired) electrons. The van der Waals surface area contributed by atoms with Crippen molar-refractivity contribution in [2.24, 2.45) is 4.99 Å².